The van der Waals surface area contributed by atoms with Crippen LogP contribution in [0, 0.1) is 0 Å². The van der Waals surface area contributed by atoms with Crippen molar-refractivity contribution >= 4 is 19.8 Å². The SMILES string of the molecule is CCC=CCC=CCC=CCC=CCC=CCC=CCCC(=O)OC(COC(=O)CCCCCCCCCCCCCCCCC)COP(=O)(O)OCCN. The molecule has 0 saturated heterocycles. The van der Waals surface area contributed by atoms with Gasteiger partial charge in [0.2, 0.25) is 0 Å². The van der Waals surface area contributed by atoms with E-state index in [2.05, 4.69) is 74.6 Å². The van der Waals surface area contributed by atoms with E-state index in [1.807, 2.05) is 12.2 Å². The second kappa shape index (κ2) is 41.1. The summed E-state index contributed by atoms with van der Waals surface area (Å²) in [6.07, 6.45) is 49.5. The summed E-state index contributed by atoms with van der Waals surface area (Å²) in [6, 6.07) is 0. The zero-order valence-corrected chi connectivity index (χ0v) is 35.5. The molecule has 55 heavy (non-hydrogen) atoms. The van der Waals surface area contributed by atoms with Gasteiger partial charge in [-0.05, 0) is 51.4 Å². The van der Waals surface area contributed by atoms with Crippen molar-refractivity contribution in [2.24, 2.45) is 5.73 Å². The van der Waals surface area contributed by atoms with Crippen LogP contribution in [0.4, 0.5) is 0 Å². The number of hydrogen-bond acceptors (Lipinski definition) is 8. The van der Waals surface area contributed by atoms with Crippen LogP contribution in [-0.2, 0) is 32.7 Å². The molecular weight excluding hydrogens is 713 g/mol. The lowest BCUT2D eigenvalue weighted by Gasteiger charge is -2.19. The minimum atomic E-state index is -4.40. The predicted octanol–water partition coefficient (Wildman–Crippen LogP) is 12.3. The number of phosphoric acid groups is 1. The summed E-state index contributed by atoms with van der Waals surface area (Å²) in [5.41, 5.74) is 5.34. The third-order valence-electron chi connectivity index (χ3n) is 8.62. The predicted molar refractivity (Wildman–Crippen MR) is 229 cm³/mol. The molecule has 2 atom stereocenters. The van der Waals surface area contributed by atoms with Gasteiger partial charge >= 0.3 is 19.8 Å². The van der Waals surface area contributed by atoms with Gasteiger partial charge in [-0.1, -0.05) is 177 Å². The van der Waals surface area contributed by atoms with Crippen LogP contribution in [0.5, 0.6) is 0 Å². The number of allylic oxidation sites excluding steroid dienone is 12. The molecule has 0 aliphatic carbocycles. The molecule has 3 N–H and O–H groups in total. The molecule has 0 amide bonds. The van der Waals surface area contributed by atoms with E-state index in [-0.39, 0.29) is 32.6 Å². The van der Waals surface area contributed by atoms with Crippen molar-refractivity contribution in [3.8, 4) is 0 Å². The van der Waals surface area contributed by atoms with Gasteiger partial charge in [-0.2, -0.15) is 0 Å². The van der Waals surface area contributed by atoms with Gasteiger partial charge in [-0.3, -0.25) is 18.6 Å². The van der Waals surface area contributed by atoms with Crippen molar-refractivity contribution in [1.82, 2.24) is 0 Å². The molecule has 0 aromatic heterocycles. The Balaban J connectivity index is 4.30. The Labute approximate surface area is 335 Å². The Morgan fingerprint density at radius 3 is 1.45 bits per heavy atom. The largest absolute Gasteiger partial charge is 0.472 e. The summed E-state index contributed by atoms with van der Waals surface area (Å²) in [5, 5.41) is 0. The first-order valence-corrected chi connectivity index (χ1v) is 22.9. The first kappa shape index (κ1) is 52.5. The van der Waals surface area contributed by atoms with Crippen molar-refractivity contribution in [1.29, 1.82) is 0 Å². The van der Waals surface area contributed by atoms with Gasteiger partial charge in [0.05, 0.1) is 13.2 Å². The third-order valence-corrected chi connectivity index (χ3v) is 9.60. The molecule has 0 rings (SSSR count). The van der Waals surface area contributed by atoms with Crippen LogP contribution in [0.2, 0.25) is 0 Å². The number of rotatable bonds is 39. The average Bonchev–Trinajstić information content (AvgIpc) is 3.17. The Morgan fingerprint density at radius 1 is 0.564 bits per heavy atom. The summed E-state index contributed by atoms with van der Waals surface area (Å²) >= 11 is 0. The van der Waals surface area contributed by atoms with E-state index in [1.165, 1.54) is 77.0 Å². The minimum Gasteiger partial charge on any atom is -0.462 e. The number of carbonyl (C=O) groups is 2. The summed E-state index contributed by atoms with van der Waals surface area (Å²) in [4.78, 5) is 34.8. The van der Waals surface area contributed by atoms with Gasteiger partial charge in [0.15, 0.2) is 6.10 Å². The van der Waals surface area contributed by atoms with E-state index in [9.17, 15) is 19.0 Å². The Bertz CT molecular complexity index is 1130. The second-order valence-corrected chi connectivity index (χ2v) is 15.3. The zero-order valence-electron chi connectivity index (χ0n) is 34.6. The second-order valence-electron chi connectivity index (χ2n) is 13.8. The molecular formula is C45H78NO8P. The van der Waals surface area contributed by atoms with Crippen LogP contribution in [0.15, 0.2) is 72.9 Å². The van der Waals surface area contributed by atoms with E-state index in [0.717, 1.165) is 57.8 Å². The lowest BCUT2D eigenvalue weighted by Crippen LogP contribution is -2.29. The summed E-state index contributed by atoms with van der Waals surface area (Å²) in [5.74, 6) is -0.928. The fourth-order valence-corrected chi connectivity index (χ4v) is 6.25. The summed E-state index contributed by atoms with van der Waals surface area (Å²) < 4.78 is 32.7. The summed E-state index contributed by atoms with van der Waals surface area (Å²) in [7, 11) is -4.40. The van der Waals surface area contributed by atoms with E-state index in [0.29, 0.717) is 6.42 Å². The quantitative estimate of drug-likeness (QED) is 0.0270. The average molecular weight is 792 g/mol. The van der Waals surface area contributed by atoms with Gasteiger partial charge in [0, 0.05) is 19.4 Å². The smallest absolute Gasteiger partial charge is 0.462 e. The monoisotopic (exact) mass is 792 g/mol. The highest BCUT2D eigenvalue weighted by molar-refractivity contribution is 7.47. The molecule has 0 spiro atoms. The molecule has 0 aromatic carbocycles. The highest BCUT2D eigenvalue weighted by Crippen LogP contribution is 2.43. The molecule has 0 saturated carbocycles. The molecule has 0 radical (unpaired) electrons. The topological polar surface area (TPSA) is 134 Å². The molecule has 0 bridgehead atoms. The van der Waals surface area contributed by atoms with Gasteiger partial charge in [-0.25, -0.2) is 4.57 Å². The summed E-state index contributed by atoms with van der Waals surface area (Å²) in [6.45, 7) is 3.53. The molecule has 0 aliphatic heterocycles. The lowest BCUT2D eigenvalue weighted by molar-refractivity contribution is -0.161. The van der Waals surface area contributed by atoms with Crippen molar-refractivity contribution in [3.05, 3.63) is 72.9 Å². The van der Waals surface area contributed by atoms with E-state index in [1.54, 1.807) is 0 Å². The molecule has 9 nitrogen and oxygen atoms in total. The Hall–Kier alpha value is -2.55. The van der Waals surface area contributed by atoms with Crippen LogP contribution in [0.1, 0.15) is 168 Å². The molecule has 316 valence electrons. The number of unbranched alkanes of at least 4 members (excludes halogenated alkanes) is 14. The first-order chi connectivity index (χ1) is 26.8. The molecule has 0 fully saturated rings. The fourth-order valence-electron chi connectivity index (χ4n) is 5.48. The molecule has 2 unspecified atom stereocenters. The number of phosphoric ester groups is 1. The van der Waals surface area contributed by atoms with Gasteiger partial charge in [0.1, 0.15) is 6.61 Å². The number of esters is 2. The minimum absolute atomic E-state index is 0.0395. The standard InChI is InChI=1S/C45H78NO8P/c1-3-5-7-9-11-13-15-17-19-20-21-22-24-26-28-30-32-34-36-38-45(48)54-43(42-53-55(49,50)52-40-39-46)41-51-44(47)37-35-33-31-29-27-25-23-18-16-14-12-10-8-6-4-2/h5,7,11,13,17,19,21-22,26,28,32,34,43H,3-4,6,8-10,12,14-16,18,20,23-25,27,29-31,33,35-42,46H2,1-2H3,(H,49,50). The highest BCUT2D eigenvalue weighted by Gasteiger charge is 2.25. The third kappa shape index (κ3) is 40.9. The van der Waals surface area contributed by atoms with Crippen LogP contribution in [0.25, 0.3) is 0 Å². The van der Waals surface area contributed by atoms with Crippen molar-refractivity contribution in [3.63, 3.8) is 0 Å². The van der Waals surface area contributed by atoms with Gasteiger partial charge < -0.3 is 20.1 Å². The van der Waals surface area contributed by atoms with Crippen molar-refractivity contribution < 1.29 is 37.6 Å². The zero-order chi connectivity index (χ0) is 40.3. The van der Waals surface area contributed by atoms with Crippen molar-refractivity contribution in [2.75, 3.05) is 26.4 Å². The fraction of sp³-hybridized carbons (Fsp3) is 0.689. The number of carbonyl (C=O) groups excluding carboxylic acids is 2. The molecule has 0 heterocycles. The van der Waals surface area contributed by atoms with E-state index >= 15 is 0 Å². The Morgan fingerprint density at radius 2 is 1.00 bits per heavy atom. The number of hydrogen-bond donors (Lipinski definition) is 2. The highest BCUT2D eigenvalue weighted by atomic mass is 31.2. The normalized spacial score (nSPS) is 14.0. The van der Waals surface area contributed by atoms with E-state index < -0.39 is 32.5 Å². The van der Waals surface area contributed by atoms with Crippen molar-refractivity contribution in [2.45, 2.75) is 174 Å². The van der Waals surface area contributed by atoms with Crippen LogP contribution < -0.4 is 5.73 Å². The number of nitrogens with two attached hydrogens (primary N) is 1. The maximum absolute atomic E-state index is 12.5. The maximum atomic E-state index is 12.5. The van der Waals surface area contributed by atoms with Gasteiger partial charge in [-0.15, -0.1) is 0 Å². The van der Waals surface area contributed by atoms with E-state index in [4.69, 9.17) is 24.3 Å². The van der Waals surface area contributed by atoms with Crippen LogP contribution in [0.3, 0.4) is 0 Å². The number of ether oxygens (including phenoxy) is 2. The lowest BCUT2D eigenvalue weighted by atomic mass is 10.0. The van der Waals surface area contributed by atoms with Gasteiger partial charge in [0.25, 0.3) is 0 Å². The van der Waals surface area contributed by atoms with Crippen LogP contribution >= 0.6 is 7.82 Å². The Kier molecular flexibility index (Phi) is 39.2. The molecule has 0 aliphatic rings. The van der Waals surface area contributed by atoms with Crippen LogP contribution in [-0.4, -0.2) is 49.3 Å². The molecule has 0 aromatic rings. The first-order valence-electron chi connectivity index (χ1n) is 21.4. The maximum Gasteiger partial charge on any atom is 0.472 e. The molecule has 10 heteroatoms.